The second-order valence-electron chi connectivity index (χ2n) is 11.5. The van der Waals surface area contributed by atoms with Gasteiger partial charge in [-0.1, -0.05) is 18.6 Å². The number of benzene rings is 1. The maximum atomic E-state index is 14.1. The van der Waals surface area contributed by atoms with Gasteiger partial charge in [0.2, 0.25) is 11.9 Å². The Balaban J connectivity index is 1.14. The third-order valence-electron chi connectivity index (χ3n) is 8.67. The van der Waals surface area contributed by atoms with Crippen LogP contribution in [0.1, 0.15) is 69.3 Å². The smallest absolute Gasteiger partial charge is 0.296 e. The normalized spacial score (nSPS) is 23.4. The number of alkyl halides is 2. The average molecular weight is 568 g/mol. The van der Waals surface area contributed by atoms with Gasteiger partial charge in [-0.05, 0) is 76.0 Å². The van der Waals surface area contributed by atoms with Crippen molar-refractivity contribution in [3.05, 3.63) is 41.9 Å². The SMILES string of the molecule is O=C(NC1CCC(CCCc2cc(-n3c(C(F)F)nc4ccccc43)nc(N3CCOCC3)n2)CC1)[C@@H]1CCCN1. The lowest BCUT2D eigenvalue weighted by molar-refractivity contribution is -0.123. The van der Waals surface area contributed by atoms with E-state index in [2.05, 4.69) is 20.5 Å². The maximum absolute atomic E-state index is 14.1. The number of hydrogen-bond acceptors (Lipinski definition) is 7. The number of aryl methyl sites for hydroxylation is 1. The molecule has 1 aromatic carbocycles. The van der Waals surface area contributed by atoms with Crippen LogP contribution in [0.15, 0.2) is 30.3 Å². The second-order valence-corrected chi connectivity index (χ2v) is 11.5. The monoisotopic (exact) mass is 567 g/mol. The minimum atomic E-state index is -2.73. The molecule has 0 radical (unpaired) electrons. The third kappa shape index (κ3) is 6.51. The Morgan fingerprint density at radius 3 is 2.63 bits per heavy atom. The molecule has 2 saturated heterocycles. The van der Waals surface area contributed by atoms with Crippen LogP contribution < -0.4 is 15.5 Å². The van der Waals surface area contributed by atoms with E-state index in [1.807, 2.05) is 12.1 Å². The van der Waals surface area contributed by atoms with E-state index in [1.165, 1.54) is 4.57 Å². The van der Waals surface area contributed by atoms with Crippen LogP contribution in [-0.2, 0) is 16.0 Å². The van der Waals surface area contributed by atoms with E-state index in [9.17, 15) is 13.6 Å². The standard InChI is InChI=1S/C30H39F2N7O2/c31-27(32)28-36-23-7-1-2-9-25(23)39(28)26-19-22(35-30(37-26)38-15-17-41-18-16-38)6-3-5-20-10-12-21(13-11-20)34-29(40)24-8-4-14-33-24/h1-2,7,9,19-21,24,27,33H,3-6,8,10-18H2,(H,34,40)/t20?,21?,24-/m0/s1. The molecule has 1 saturated carbocycles. The fraction of sp³-hybridized carbons (Fsp3) is 0.600. The Hall–Kier alpha value is -3.18. The summed E-state index contributed by atoms with van der Waals surface area (Å²) in [6.45, 7) is 3.41. The van der Waals surface area contributed by atoms with Crippen molar-refractivity contribution in [2.45, 2.75) is 76.3 Å². The fourth-order valence-corrected chi connectivity index (χ4v) is 6.43. The van der Waals surface area contributed by atoms with Crippen molar-refractivity contribution < 1.29 is 18.3 Å². The summed E-state index contributed by atoms with van der Waals surface area (Å²) in [6.07, 6.45) is 6.30. The first-order valence-corrected chi connectivity index (χ1v) is 15.1. The van der Waals surface area contributed by atoms with E-state index >= 15 is 0 Å². The molecule has 2 aromatic heterocycles. The zero-order valence-electron chi connectivity index (χ0n) is 23.4. The van der Waals surface area contributed by atoms with Crippen LogP contribution in [0.2, 0.25) is 0 Å². The van der Waals surface area contributed by atoms with Crippen LogP contribution in [0.3, 0.4) is 0 Å². The van der Waals surface area contributed by atoms with E-state index in [0.29, 0.717) is 55.0 Å². The number of carbonyl (C=O) groups is 1. The number of halogens is 2. The topological polar surface area (TPSA) is 97.2 Å². The minimum absolute atomic E-state index is 0.0232. The van der Waals surface area contributed by atoms with Crippen molar-refractivity contribution in [2.75, 3.05) is 37.7 Å². The molecule has 6 rings (SSSR count). The van der Waals surface area contributed by atoms with Gasteiger partial charge in [-0.15, -0.1) is 0 Å². The molecular formula is C30H39F2N7O2. The van der Waals surface area contributed by atoms with Crippen molar-refractivity contribution in [1.82, 2.24) is 30.2 Å². The summed E-state index contributed by atoms with van der Waals surface area (Å²) < 4.78 is 35.2. The highest BCUT2D eigenvalue weighted by molar-refractivity contribution is 5.82. The molecule has 3 aliphatic rings. The lowest BCUT2D eigenvalue weighted by Crippen LogP contribution is -2.46. The first kappa shape index (κ1) is 28.0. The molecule has 0 spiro atoms. The van der Waals surface area contributed by atoms with Crippen LogP contribution in [0.25, 0.3) is 16.9 Å². The van der Waals surface area contributed by atoms with Crippen LogP contribution in [0.5, 0.6) is 0 Å². The molecular weight excluding hydrogens is 528 g/mol. The number of amides is 1. The summed E-state index contributed by atoms with van der Waals surface area (Å²) in [6, 6.07) is 9.26. The van der Waals surface area contributed by atoms with Crippen LogP contribution >= 0.6 is 0 Å². The zero-order chi connectivity index (χ0) is 28.2. The molecule has 9 nitrogen and oxygen atoms in total. The summed E-state index contributed by atoms with van der Waals surface area (Å²) in [5, 5.41) is 6.53. The summed E-state index contributed by atoms with van der Waals surface area (Å²) in [5.74, 6) is 1.44. The van der Waals surface area contributed by atoms with E-state index in [-0.39, 0.29) is 23.8 Å². The average Bonchev–Trinajstić information content (AvgIpc) is 3.68. The van der Waals surface area contributed by atoms with Gasteiger partial charge >= 0.3 is 0 Å². The molecule has 2 N–H and O–H groups in total. The molecule has 1 amide bonds. The van der Waals surface area contributed by atoms with Crippen LogP contribution in [-0.4, -0.2) is 70.4 Å². The van der Waals surface area contributed by atoms with E-state index in [0.717, 1.165) is 70.0 Å². The molecule has 4 heterocycles. The summed E-state index contributed by atoms with van der Waals surface area (Å²) >= 11 is 0. The van der Waals surface area contributed by atoms with Gasteiger partial charge in [0.15, 0.2) is 5.82 Å². The first-order chi connectivity index (χ1) is 20.0. The van der Waals surface area contributed by atoms with Crippen molar-refractivity contribution >= 4 is 22.9 Å². The number of anilines is 1. The Morgan fingerprint density at radius 1 is 1.07 bits per heavy atom. The number of hydrogen-bond donors (Lipinski definition) is 2. The van der Waals surface area contributed by atoms with Crippen LogP contribution in [0.4, 0.5) is 14.7 Å². The summed E-state index contributed by atoms with van der Waals surface area (Å²) in [5.41, 5.74) is 1.97. The van der Waals surface area contributed by atoms with Gasteiger partial charge in [0.05, 0.1) is 30.3 Å². The molecule has 0 unspecified atom stereocenters. The molecule has 220 valence electrons. The van der Waals surface area contributed by atoms with Gasteiger partial charge in [0.25, 0.3) is 6.43 Å². The number of nitrogens with zero attached hydrogens (tertiary/aromatic N) is 5. The molecule has 3 fully saturated rings. The van der Waals surface area contributed by atoms with Gasteiger partial charge in [-0.2, -0.15) is 4.98 Å². The predicted octanol–water partition coefficient (Wildman–Crippen LogP) is 4.34. The number of morpholine rings is 1. The molecule has 11 heteroatoms. The maximum Gasteiger partial charge on any atom is 0.296 e. The zero-order valence-corrected chi connectivity index (χ0v) is 23.4. The summed E-state index contributed by atoms with van der Waals surface area (Å²) in [4.78, 5) is 28.4. The number of rotatable bonds is 9. The Bertz CT molecular complexity index is 1330. The number of aromatic nitrogens is 4. The minimum Gasteiger partial charge on any atom is -0.378 e. The Kier molecular flexibility index (Phi) is 8.71. The first-order valence-electron chi connectivity index (χ1n) is 15.1. The predicted molar refractivity (Wildman–Crippen MR) is 153 cm³/mol. The van der Waals surface area contributed by atoms with Crippen LogP contribution in [0, 0.1) is 5.92 Å². The molecule has 3 aromatic rings. The number of nitrogens with one attached hydrogen (secondary N) is 2. The number of imidazole rings is 1. The number of carbonyl (C=O) groups excluding carboxylic acids is 1. The second kappa shape index (κ2) is 12.8. The molecule has 41 heavy (non-hydrogen) atoms. The Labute approximate surface area is 239 Å². The highest BCUT2D eigenvalue weighted by atomic mass is 19.3. The summed E-state index contributed by atoms with van der Waals surface area (Å²) in [7, 11) is 0. The molecule has 1 aliphatic carbocycles. The van der Waals surface area contributed by atoms with Gasteiger partial charge < -0.3 is 20.3 Å². The third-order valence-corrected chi connectivity index (χ3v) is 8.67. The largest absolute Gasteiger partial charge is 0.378 e. The van der Waals surface area contributed by atoms with Gasteiger partial charge in [-0.25, -0.2) is 18.7 Å². The highest BCUT2D eigenvalue weighted by Crippen LogP contribution is 2.30. The fourth-order valence-electron chi connectivity index (χ4n) is 6.43. The van der Waals surface area contributed by atoms with Gasteiger partial charge in [-0.3, -0.25) is 9.36 Å². The van der Waals surface area contributed by atoms with Crippen molar-refractivity contribution in [3.63, 3.8) is 0 Å². The van der Waals surface area contributed by atoms with Crippen molar-refractivity contribution in [1.29, 1.82) is 0 Å². The van der Waals surface area contributed by atoms with E-state index in [4.69, 9.17) is 14.7 Å². The lowest BCUT2D eigenvalue weighted by Gasteiger charge is -2.30. The van der Waals surface area contributed by atoms with E-state index < -0.39 is 6.43 Å². The number of para-hydroxylation sites is 2. The van der Waals surface area contributed by atoms with Crippen molar-refractivity contribution in [3.8, 4) is 5.82 Å². The number of ether oxygens (including phenoxy) is 1. The number of fused-ring (bicyclic) bond motifs is 1. The van der Waals surface area contributed by atoms with Crippen molar-refractivity contribution in [2.24, 2.45) is 5.92 Å². The quantitative estimate of drug-likeness (QED) is 0.397. The van der Waals surface area contributed by atoms with Gasteiger partial charge in [0.1, 0.15) is 5.82 Å². The molecule has 1 atom stereocenters. The highest BCUT2D eigenvalue weighted by Gasteiger charge is 2.27. The molecule has 0 bridgehead atoms. The Morgan fingerprint density at radius 2 is 1.88 bits per heavy atom. The van der Waals surface area contributed by atoms with Gasteiger partial charge in [0, 0.05) is 30.9 Å². The van der Waals surface area contributed by atoms with E-state index in [1.54, 1.807) is 18.2 Å². The molecule has 2 aliphatic heterocycles. The lowest BCUT2D eigenvalue weighted by atomic mass is 9.83.